The number of amides is 3. The minimum Gasteiger partial charge on any atom is -0.449 e. The maximum atomic E-state index is 12.9. The normalized spacial score (nSPS) is 24.5. The number of rotatable bonds is 4. The smallest absolute Gasteiger partial charge is 0.287 e. The van der Waals surface area contributed by atoms with Crippen LogP contribution in [0, 0.1) is 11.3 Å². The summed E-state index contributed by atoms with van der Waals surface area (Å²) in [5.74, 6) is 0.650. The van der Waals surface area contributed by atoms with Gasteiger partial charge < -0.3 is 19.5 Å². The summed E-state index contributed by atoms with van der Waals surface area (Å²) >= 11 is 0. The molecule has 3 fully saturated rings. The molecule has 0 bridgehead atoms. The summed E-state index contributed by atoms with van der Waals surface area (Å²) in [6.45, 7) is 4.34. The topological polar surface area (TPSA) is 95.8 Å². The average molecular weight is 425 g/mol. The quantitative estimate of drug-likeness (QED) is 0.812. The van der Waals surface area contributed by atoms with Crippen molar-refractivity contribution in [2.45, 2.75) is 45.1 Å². The van der Waals surface area contributed by atoms with Crippen molar-refractivity contribution in [3.05, 3.63) is 30.3 Å². The van der Waals surface area contributed by atoms with E-state index in [4.69, 9.17) is 4.42 Å². The molecule has 8 nitrogen and oxygen atoms in total. The summed E-state index contributed by atoms with van der Waals surface area (Å²) in [5, 5.41) is 3.88. The number of fused-ring (bicyclic) bond motifs is 1. The van der Waals surface area contributed by atoms with Gasteiger partial charge in [0.05, 0.1) is 6.20 Å². The number of pyridine rings is 1. The van der Waals surface area contributed by atoms with Gasteiger partial charge in [-0.1, -0.05) is 0 Å². The third kappa shape index (κ3) is 3.68. The number of nitrogens with one attached hydrogen (secondary N) is 1. The Labute approximate surface area is 181 Å². The summed E-state index contributed by atoms with van der Waals surface area (Å²) in [5.41, 5.74) is 0.843. The van der Waals surface area contributed by atoms with E-state index >= 15 is 0 Å². The molecule has 2 aromatic rings. The van der Waals surface area contributed by atoms with Crippen LogP contribution in [0.25, 0.3) is 11.0 Å². The van der Waals surface area contributed by atoms with E-state index in [1.54, 1.807) is 30.3 Å². The number of piperidine rings is 1. The number of carbonyl (C=O) groups excluding carboxylic acids is 3. The summed E-state index contributed by atoms with van der Waals surface area (Å²) < 4.78 is 5.59. The summed E-state index contributed by atoms with van der Waals surface area (Å²) in [7, 11) is 0. The Morgan fingerprint density at radius 1 is 1.26 bits per heavy atom. The van der Waals surface area contributed by atoms with E-state index in [0.717, 1.165) is 50.6 Å². The van der Waals surface area contributed by atoms with Gasteiger partial charge in [-0.05, 0) is 55.6 Å². The van der Waals surface area contributed by atoms with Gasteiger partial charge in [0.1, 0.15) is 6.04 Å². The average Bonchev–Trinajstić information content (AvgIpc) is 3.16. The van der Waals surface area contributed by atoms with Gasteiger partial charge in [-0.25, -0.2) is 0 Å². The second-order valence-electron chi connectivity index (χ2n) is 9.19. The molecule has 1 saturated carbocycles. The molecule has 1 N–H and O–H groups in total. The molecular formula is C23H28N4O4. The Hall–Kier alpha value is -2.90. The van der Waals surface area contributed by atoms with Crippen LogP contribution < -0.4 is 5.32 Å². The lowest BCUT2D eigenvalue weighted by molar-refractivity contribution is -0.144. The van der Waals surface area contributed by atoms with Crippen molar-refractivity contribution in [3.63, 3.8) is 0 Å². The zero-order valence-corrected chi connectivity index (χ0v) is 17.8. The van der Waals surface area contributed by atoms with Crippen LogP contribution in [0.5, 0.6) is 0 Å². The van der Waals surface area contributed by atoms with E-state index in [1.165, 1.54) is 0 Å². The molecule has 1 spiro atoms. The first-order valence-electron chi connectivity index (χ1n) is 11.1. The lowest BCUT2D eigenvalue weighted by Crippen LogP contribution is -2.50. The fourth-order valence-electron chi connectivity index (χ4n) is 5.42. The largest absolute Gasteiger partial charge is 0.449 e. The van der Waals surface area contributed by atoms with Crippen molar-refractivity contribution < 1.29 is 18.8 Å². The fraction of sp³-hybridized carbons (Fsp3) is 0.565. The molecule has 3 aliphatic rings. The van der Waals surface area contributed by atoms with Crippen molar-refractivity contribution >= 4 is 28.7 Å². The molecule has 8 heteroatoms. The molecule has 2 atom stereocenters. The minimum absolute atomic E-state index is 0.0111. The van der Waals surface area contributed by atoms with Crippen LogP contribution >= 0.6 is 0 Å². The minimum atomic E-state index is -0.278. The number of furan rings is 1. The lowest BCUT2D eigenvalue weighted by atomic mass is 9.90. The molecular weight excluding hydrogens is 396 g/mol. The van der Waals surface area contributed by atoms with E-state index in [-0.39, 0.29) is 29.2 Å². The van der Waals surface area contributed by atoms with Crippen molar-refractivity contribution in [2.24, 2.45) is 11.3 Å². The van der Waals surface area contributed by atoms with Gasteiger partial charge in [-0.2, -0.15) is 0 Å². The van der Waals surface area contributed by atoms with Crippen LogP contribution in [-0.2, 0) is 9.59 Å². The Morgan fingerprint density at radius 2 is 2.06 bits per heavy atom. The Bertz CT molecular complexity index is 991. The number of aromatic nitrogens is 1. The van der Waals surface area contributed by atoms with Crippen LogP contribution in [0.1, 0.15) is 49.6 Å². The Kier molecular flexibility index (Phi) is 4.95. The van der Waals surface area contributed by atoms with Gasteiger partial charge in [-0.3, -0.25) is 19.4 Å². The van der Waals surface area contributed by atoms with Gasteiger partial charge >= 0.3 is 0 Å². The monoisotopic (exact) mass is 424 g/mol. The highest BCUT2D eigenvalue weighted by molar-refractivity contribution is 5.95. The first-order valence-corrected chi connectivity index (χ1v) is 11.1. The van der Waals surface area contributed by atoms with Crippen LogP contribution in [-0.4, -0.2) is 64.7 Å². The predicted molar refractivity (Wildman–Crippen MR) is 113 cm³/mol. The van der Waals surface area contributed by atoms with Crippen molar-refractivity contribution in [3.8, 4) is 0 Å². The van der Waals surface area contributed by atoms with E-state index < -0.39 is 0 Å². The molecule has 4 heterocycles. The molecule has 3 amide bonds. The number of likely N-dealkylation sites (tertiary alicyclic amines) is 2. The van der Waals surface area contributed by atoms with Crippen LogP contribution in [0.15, 0.2) is 28.9 Å². The third-order valence-electron chi connectivity index (χ3n) is 7.43. The molecule has 31 heavy (non-hydrogen) atoms. The number of nitrogens with zero attached hydrogens (tertiary/aromatic N) is 3. The third-order valence-corrected chi connectivity index (χ3v) is 7.43. The van der Waals surface area contributed by atoms with Gasteiger partial charge in [0, 0.05) is 44.7 Å². The second kappa shape index (κ2) is 7.66. The molecule has 0 radical (unpaired) electrons. The van der Waals surface area contributed by atoms with Gasteiger partial charge in [0.15, 0.2) is 11.3 Å². The van der Waals surface area contributed by atoms with Gasteiger partial charge in [0.2, 0.25) is 11.8 Å². The zero-order valence-electron chi connectivity index (χ0n) is 17.8. The first kappa shape index (κ1) is 20.0. The molecule has 164 valence electrons. The SMILES string of the molecule is CC(=O)N1CCCC1C(=O)N1CCC2(CC1)CC2CNC(=O)c1cc2ccncc2o1. The zero-order chi connectivity index (χ0) is 21.6. The van der Waals surface area contributed by atoms with Crippen molar-refractivity contribution in [1.82, 2.24) is 20.1 Å². The van der Waals surface area contributed by atoms with E-state index in [1.807, 2.05) is 11.0 Å². The molecule has 2 unspecified atom stereocenters. The highest BCUT2D eigenvalue weighted by Crippen LogP contribution is 2.59. The Balaban J connectivity index is 1.12. The summed E-state index contributed by atoms with van der Waals surface area (Å²) in [4.78, 5) is 44.9. The maximum Gasteiger partial charge on any atom is 0.287 e. The standard InChI is InChI=1S/C23H28N4O4/c1-15(28)27-8-2-3-18(27)22(30)26-9-5-23(6-10-26)12-17(23)13-25-21(29)19-11-16-4-7-24-14-20(16)31-19/h4,7,11,14,17-18H,2-3,5-6,8-10,12-13H2,1H3,(H,25,29). The molecule has 0 aromatic carbocycles. The maximum absolute atomic E-state index is 12.9. The van der Waals surface area contributed by atoms with Crippen molar-refractivity contribution in [2.75, 3.05) is 26.2 Å². The predicted octanol–water partition coefficient (Wildman–Crippen LogP) is 2.20. The van der Waals surface area contributed by atoms with E-state index in [2.05, 4.69) is 10.3 Å². The van der Waals surface area contributed by atoms with Gasteiger partial charge in [-0.15, -0.1) is 0 Å². The highest BCUT2D eigenvalue weighted by Gasteiger charge is 2.55. The first-order chi connectivity index (χ1) is 15.0. The molecule has 1 aliphatic carbocycles. The summed E-state index contributed by atoms with van der Waals surface area (Å²) in [6.07, 6.45) is 7.96. The van der Waals surface area contributed by atoms with Crippen LogP contribution in [0.3, 0.4) is 0 Å². The molecule has 2 aromatic heterocycles. The summed E-state index contributed by atoms with van der Waals surface area (Å²) in [6, 6.07) is 3.29. The van der Waals surface area contributed by atoms with Gasteiger partial charge in [0.25, 0.3) is 5.91 Å². The van der Waals surface area contributed by atoms with E-state index in [0.29, 0.717) is 30.4 Å². The second-order valence-corrected chi connectivity index (χ2v) is 9.19. The molecule has 5 rings (SSSR count). The van der Waals surface area contributed by atoms with Crippen LogP contribution in [0.2, 0.25) is 0 Å². The van der Waals surface area contributed by atoms with E-state index in [9.17, 15) is 14.4 Å². The number of hydrogen-bond donors (Lipinski definition) is 1. The molecule has 2 saturated heterocycles. The van der Waals surface area contributed by atoms with Crippen LogP contribution in [0.4, 0.5) is 0 Å². The number of hydrogen-bond acceptors (Lipinski definition) is 5. The molecule has 2 aliphatic heterocycles. The fourth-order valence-corrected chi connectivity index (χ4v) is 5.42. The van der Waals surface area contributed by atoms with Crippen molar-refractivity contribution in [1.29, 1.82) is 0 Å². The Morgan fingerprint density at radius 3 is 2.81 bits per heavy atom. The highest BCUT2D eigenvalue weighted by atomic mass is 16.3. The lowest BCUT2D eigenvalue weighted by Gasteiger charge is -2.36. The number of carbonyl (C=O) groups is 3.